The zero-order valence-corrected chi connectivity index (χ0v) is 22.7. The first kappa shape index (κ1) is 26.7. The lowest BCUT2D eigenvalue weighted by atomic mass is 9.76. The molecule has 38 heavy (non-hydrogen) atoms. The van der Waals surface area contributed by atoms with Gasteiger partial charge in [0, 0.05) is 22.2 Å². The van der Waals surface area contributed by atoms with Crippen LogP contribution in [0.2, 0.25) is 10.0 Å². The highest BCUT2D eigenvalue weighted by atomic mass is 35.5. The first-order chi connectivity index (χ1) is 18.5. The molecular weight excluding hydrogens is 519 g/mol. The molecule has 7 heteroatoms. The predicted octanol–water partition coefficient (Wildman–Crippen LogP) is 6.33. The standard InChI is InChI=1S/C31H32Cl2N2O3/c32-21-16-17-24(25(33)19-21)29-28(30(37)34-18-8-11-20-9-2-1-3-10-20)22-12-4-5-13-23(22)31(38)35(29)26-14-6-7-15-27(26)36/h1-5,9-10,12-13,16-17,19,26-29,36H,6-8,11,14-15,18H2,(H,34,37)/t26-,27-,28+,29-/m0/s1. The van der Waals surface area contributed by atoms with E-state index in [9.17, 15) is 14.7 Å². The topological polar surface area (TPSA) is 69.6 Å². The second-order valence-corrected chi connectivity index (χ2v) is 11.0. The van der Waals surface area contributed by atoms with Gasteiger partial charge in [0.05, 0.1) is 24.1 Å². The number of halogens is 2. The molecule has 5 nitrogen and oxygen atoms in total. The Hall–Kier alpha value is -2.86. The number of aliphatic hydroxyl groups excluding tert-OH is 1. The summed E-state index contributed by atoms with van der Waals surface area (Å²) in [4.78, 5) is 29.7. The van der Waals surface area contributed by atoms with Crippen LogP contribution in [0.5, 0.6) is 0 Å². The number of fused-ring (bicyclic) bond motifs is 1. The van der Waals surface area contributed by atoms with E-state index in [1.807, 2.05) is 36.4 Å². The highest BCUT2D eigenvalue weighted by molar-refractivity contribution is 6.35. The number of carbonyl (C=O) groups excluding carboxylic acids is 2. The summed E-state index contributed by atoms with van der Waals surface area (Å²) in [6, 6.07) is 21.6. The quantitative estimate of drug-likeness (QED) is 0.338. The van der Waals surface area contributed by atoms with Crippen LogP contribution in [0.3, 0.4) is 0 Å². The lowest BCUT2D eigenvalue weighted by molar-refractivity contribution is -0.125. The molecule has 0 aromatic heterocycles. The second kappa shape index (κ2) is 11.9. The monoisotopic (exact) mass is 550 g/mol. The molecule has 4 atom stereocenters. The number of hydrogen-bond acceptors (Lipinski definition) is 3. The van der Waals surface area contributed by atoms with E-state index in [0.717, 1.165) is 25.7 Å². The smallest absolute Gasteiger partial charge is 0.255 e. The van der Waals surface area contributed by atoms with Gasteiger partial charge in [0.15, 0.2) is 0 Å². The van der Waals surface area contributed by atoms with E-state index in [1.165, 1.54) is 5.56 Å². The van der Waals surface area contributed by atoms with Crippen LogP contribution < -0.4 is 5.32 Å². The summed E-state index contributed by atoms with van der Waals surface area (Å²) in [5.74, 6) is -1.03. The third-order valence-electron chi connectivity index (χ3n) is 7.78. The van der Waals surface area contributed by atoms with Crippen LogP contribution in [0.4, 0.5) is 0 Å². The first-order valence-corrected chi connectivity index (χ1v) is 14.1. The van der Waals surface area contributed by atoms with Crippen molar-refractivity contribution in [2.24, 2.45) is 0 Å². The van der Waals surface area contributed by atoms with Gasteiger partial charge in [0.1, 0.15) is 0 Å². The van der Waals surface area contributed by atoms with E-state index in [2.05, 4.69) is 17.4 Å². The van der Waals surface area contributed by atoms with Gasteiger partial charge in [-0.15, -0.1) is 0 Å². The zero-order chi connectivity index (χ0) is 26.6. The lowest BCUT2D eigenvalue weighted by Crippen LogP contribution is -2.55. The Balaban J connectivity index is 1.52. The zero-order valence-electron chi connectivity index (χ0n) is 21.2. The number of aliphatic hydroxyl groups is 1. The molecule has 3 aromatic rings. The number of nitrogens with zero attached hydrogens (tertiary/aromatic N) is 1. The van der Waals surface area contributed by atoms with Crippen molar-refractivity contribution < 1.29 is 14.7 Å². The van der Waals surface area contributed by atoms with Crippen LogP contribution >= 0.6 is 23.2 Å². The minimum atomic E-state index is -0.687. The molecule has 0 spiro atoms. The molecule has 198 valence electrons. The maximum atomic E-state index is 14.0. The van der Waals surface area contributed by atoms with Crippen LogP contribution in [-0.2, 0) is 11.2 Å². The Kier molecular flexibility index (Phi) is 8.37. The van der Waals surface area contributed by atoms with Crippen LogP contribution in [-0.4, -0.2) is 40.5 Å². The fraction of sp³-hybridized carbons (Fsp3) is 0.355. The number of benzene rings is 3. The van der Waals surface area contributed by atoms with E-state index in [1.54, 1.807) is 29.2 Å². The van der Waals surface area contributed by atoms with Gasteiger partial charge in [-0.3, -0.25) is 9.59 Å². The van der Waals surface area contributed by atoms with Gasteiger partial charge in [0.25, 0.3) is 5.91 Å². The Morgan fingerprint density at radius 2 is 1.68 bits per heavy atom. The van der Waals surface area contributed by atoms with E-state index >= 15 is 0 Å². The van der Waals surface area contributed by atoms with Crippen LogP contribution in [0.15, 0.2) is 72.8 Å². The van der Waals surface area contributed by atoms with Crippen molar-refractivity contribution >= 4 is 35.0 Å². The van der Waals surface area contributed by atoms with Crippen molar-refractivity contribution in [1.82, 2.24) is 10.2 Å². The van der Waals surface area contributed by atoms with E-state index in [0.29, 0.717) is 46.1 Å². The van der Waals surface area contributed by atoms with Gasteiger partial charge in [-0.05, 0) is 60.6 Å². The highest BCUT2D eigenvalue weighted by Gasteiger charge is 2.48. The van der Waals surface area contributed by atoms with E-state index < -0.39 is 24.1 Å². The van der Waals surface area contributed by atoms with Gasteiger partial charge in [0.2, 0.25) is 5.91 Å². The fourth-order valence-corrected chi connectivity index (χ4v) is 6.47. The van der Waals surface area contributed by atoms with Crippen molar-refractivity contribution in [3.63, 3.8) is 0 Å². The Morgan fingerprint density at radius 1 is 0.947 bits per heavy atom. The molecule has 5 rings (SSSR count). The fourth-order valence-electron chi connectivity index (χ4n) is 5.95. The molecule has 2 aliphatic rings. The predicted molar refractivity (Wildman–Crippen MR) is 151 cm³/mol. The summed E-state index contributed by atoms with van der Waals surface area (Å²) in [7, 11) is 0. The van der Waals surface area contributed by atoms with Crippen molar-refractivity contribution in [3.8, 4) is 0 Å². The highest BCUT2D eigenvalue weighted by Crippen LogP contribution is 2.47. The number of aryl methyl sites for hydroxylation is 1. The van der Waals surface area contributed by atoms with Crippen molar-refractivity contribution in [3.05, 3.63) is 105 Å². The van der Waals surface area contributed by atoms with Gasteiger partial charge in [-0.1, -0.05) is 90.6 Å². The van der Waals surface area contributed by atoms with Gasteiger partial charge >= 0.3 is 0 Å². The van der Waals surface area contributed by atoms with Gasteiger partial charge < -0.3 is 15.3 Å². The Bertz CT molecular complexity index is 1300. The third kappa shape index (κ3) is 5.47. The Morgan fingerprint density at radius 3 is 2.45 bits per heavy atom. The lowest BCUT2D eigenvalue weighted by Gasteiger charge is -2.48. The number of rotatable bonds is 7. The minimum absolute atomic E-state index is 0.163. The third-order valence-corrected chi connectivity index (χ3v) is 8.34. The molecule has 2 amide bonds. The molecule has 0 unspecified atom stereocenters. The molecule has 3 aromatic carbocycles. The molecular formula is C31H32Cl2N2O3. The normalized spacial score (nSPS) is 23.1. The molecule has 0 saturated heterocycles. The molecule has 0 radical (unpaired) electrons. The maximum Gasteiger partial charge on any atom is 0.255 e. The molecule has 1 heterocycles. The number of hydrogen-bond donors (Lipinski definition) is 2. The summed E-state index contributed by atoms with van der Waals surface area (Å²) in [5, 5.41) is 15.0. The average Bonchev–Trinajstić information content (AvgIpc) is 2.92. The van der Waals surface area contributed by atoms with Crippen molar-refractivity contribution in [1.29, 1.82) is 0 Å². The minimum Gasteiger partial charge on any atom is -0.391 e. The van der Waals surface area contributed by atoms with Gasteiger partial charge in [-0.2, -0.15) is 0 Å². The molecule has 1 aliphatic carbocycles. The molecule has 1 saturated carbocycles. The van der Waals surface area contributed by atoms with Crippen LogP contribution in [0, 0.1) is 0 Å². The number of carbonyl (C=O) groups is 2. The number of nitrogens with one attached hydrogen (secondary N) is 1. The summed E-state index contributed by atoms with van der Waals surface area (Å²) in [5.41, 5.74) is 3.05. The van der Waals surface area contributed by atoms with Crippen LogP contribution in [0.1, 0.15) is 71.1 Å². The molecule has 1 aliphatic heterocycles. The van der Waals surface area contributed by atoms with E-state index in [-0.39, 0.29) is 11.8 Å². The first-order valence-electron chi connectivity index (χ1n) is 13.3. The summed E-state index contributed by atoms with van der Waals surface area (Å²) < 4.78 is 0. The average molecular weight is 552 g/mol. The Labute approximate surface area is 233 Å². The molecule has 1 fully saturated rings. The van der Waals surface area contributed by atoms with Crippen molar-refractivity contribution in [2.75, 3.05) is 6.54 Å². The SMILES string of the molecule is O=C(NCCCc1ccccc1)[C@@H]1c2ccccc2C(=O)N([C@H]2CCCC[C@@H]2O)[C@H]1c1ccc(Cl)cc1Cl. The summed E-state index contributed by atoms with van der Waals surface area (Å²) in [6.45, 7) is 0.507. The number of amides is 2. The summed E-state index contributed by atoms with van der Waals surface area (Å²) in [6.07, 6.45) is 4.09. The maximum absolute atomic E-state index is 14.0. The van der Waals surface area contributed by atoms with Crippen molar-refractivity contribution in [2.45, 2.75) is 62.6 Å². The van der Waals surface area contributed by atoms with E-state index in [4.69, 9.17) is 23.2 Å². The van der Waals surface area contributed by atoms with Crippen LogP contribution in [0.25, 0.3) is 0 Å². The second-order valence-electron chi connectivity index (χ2n) is 10.2. The molecule has 2 N–H and O–H groups in total. The van der Waals surface area contributed by atoms with Gasteiger partial charge in [-0.25, -0.2) is 0 Å². The largest absolute Gasteiger partial charge is 0.391 e. The summed E-state index contributed by atoms with van der Waals surface area (Å²) >= 11 is 12.9. The molecule has 0 bridgehead atoms.